The highest BCUT2D eigenvalue weighted by Gasteiger charge is 2.41. The first-order valence-corrected chi connectivity index (χ1v) is 11.0. The molecule has 3 heterocycles. The van der Waals surface area contributed by atoms with Crippen molar-refractivity contribution in [2.45, 2.75) is 44.8 Å². The molecule has 5 nitrogen and oxygen atoms in total. The smallest absolute Gasteiger partial charge is 0.219 e. The van der Waals surface area contributed by atoms with Crippen molar-refractivity contribution in [3.63, 3.8) is 0 Å². The molecule has 3 fully saturated rings. The minimum atomic E-state index is -0.129. The van der Waals surface area contributed by atoms with Crippen LogP contribution < -0.4 is 0 Å². The van der Waals surface area contributed by atoms with E-state index >= 15 is 0 Å². The van der Waals surface area contributed by atoms with Crippen molar-refractivity contribution in [2.24, 2.45) is 5.92 Å². The Balaban J connectivity index is 1.25. The second-order valence-electron chi connectivity index (χ2n) is 9.02. The summed E-state index contributed by atoms with van der Waals surface area (Å²) < 4.78 is 6.25. The van der Waals surface area contributed by atoms with Gasteiger partial charge in [-0.3, -0.25) is 9.69 Å². The molecule has 154 valence electrons. The van der Waals surface area contributed by atoms with Crippen molar-refractivity contribution >= 4 is 5.91 Å². The Morgan fingerprint density at radius 1 is 1.07 bits per heavy atom. The van der Waals surface area contributed by atoms with Gasteiger partial charge in [0.2, 0.25) is 5.91 Å². The topological polar surface area (TPSA) is 36.0 Å². The number of piperidine rings is 2. The minimum absolute atomic E-state index is 0.129. The molecular weight excluding hydrogens is 350 g/mol. The highest BCUT2D eigenvalue weighted by Crippen LogP contribution is 2.30. The van der Waals surface area contributed by atoms with Crippen LogP contribution in [0.3, 0.4) is 0 Å². The first-order chi connectivity index (χ1) is 13.6. The number of rotatable bonds is 4. The fourth-order valence-corrected chi connectivity index (χ4v) is 5.24. The Morgan fingerprint density at radius 2 is 1.86 bits per heavy atom. The number of likely N-dealkylation sites (tertiary alicyclic amines) is 2. The van der Waals surface area contributed by atoms with Gasteiger partial charge in [0.15, 0.2) is 0 Å². The van der Waals surface area contributed by atoms with Gasteiger partial charge in [-0.1, -0.05) is 30.3 Å². The lowest BCUT2D eigenvalue weighted by atomic mass is 9.88. The molecule has 0 N–H and O–H groups in total. The van der Waals surface area contributed by atoms with Gasteiger partial charge in [0.1, 0.15) is 0 Å². The van der Waals surface area contributed by atoms with E-state index in [0.717, 1.165) is 38.5 Å². The lowest BCUT2D eigenvalue weighted by Crippen LogP contribution is -2.61. The summed E-state index contributed by atoms with van der Waals surface area (Å²) in [6.45, 7) is 10.7. The summed E-state index contributed by atoms with van der Waals surface area (Å²) in [7, 11) is 0. The van der Waals surface area contributed by atoms with E-state index in [1.807, 2.05) is 4.90 Å². The summed E-state index contributed by atoms with van der Waals surface area (Å²) in [6.07, 6.45) is 4.84. The van der Waals surface area contributed by atoms with Gasteiger partial charge in [-0.2, -0.15) is 0 Å². The number of morpholine rings is 1. The van der Waals surface area contributed by atoms with Crippen LogP contribution in [0.4, 0.5) is 0 Å². The molecule has 4 rings (SSSR count). The molecule has 5 heteroatoms. The third kappa shape index (κ3) is 4.94. The van der Waals surface area contributed by atoms with Crippen molar-refractivity contribution in [3.8, 4) is 0 Å². The zero-order valence-electron chi connectivity index (χ0n) is 17.3. The summed E-state index contributed by atoms with van der Waals surface area (Å²) >= 11 is 0. The normalized spacial score (nSPS) is 28.0. The number of benzene rings is 1. The van der Waals surface area contributed by atoms with E-state index in [1.54, 1.807) is 6.92 Å². The van der Waals surface area contributed by atoms with E-state index in [-0.39, 0.29) is 11.5 Å². The molecule has 0 aromatic heterocycles. The number of carbonyl (C=O) groups excluding carboxylic acids is 1. The maximum Gasteiger partial charge on any atom is 0.219 e. The molecule has 1 atom stereocenters. The molecule has 1 aromatic rings. The van der Waals surface area contributed by atoms with Gasteiger partial charge in [0.05, 0.1) is 18.8 Å². The highest BCUT2D eigenvalue weighted by atomic mass is 16.5. The number of carbonyl (C=O) groups is 1. The zero-order chi connectivity index (χ0) is 19.4. The SMILES string of the molecule is CC(=O)N1CCO[C@]2(CCCN(CC3CCN(Cc4ccccc4)CC3)C2)C1. The second kappa shape index (κ2) is 8.93. The molecule has 0 saturated carbocycles. The van der Waals surface area contributed by atoms with Crippen molar-refractivity contribution in [3.05, 3.63) is 35.9 Å². The number of nitrogens with zero attached hydrogens (tertiary/aromatic N) is 3. The molecule has 1 amide bonds. The Bertz CT molecular complexity index is 641. The fourth-order valence-electron chi connectivity index (χ4n) is 5.24. The second-order valence-corrected chi connectivity index (χ2v) is 9.02. The maximum atomic E-state index is 11.8. The fraction of sp³-hybridized carbons (Fsp3) is 0.696. The molecule has 0 unspecified atom stereocenters. The van der Waals surface area contributed by atoms with E-state index in [4.69, 9.17) is 4.74 Å². The van der Waals surface area contributed by atoms with Crippen LogP contribution in [0, 0.1) is 5.92 Å². The monoisotopic (exact) mass is 385 g/mol. The van der Waals surface area contributed by atoms with E-state index in [0.29, 0.717) is 6.61 Å². The first-order valence-electron chi connectivity index (χ1n) is 11.0. The highest BCUT2D eigenvalue weighted by molar-refractivity contribution is 5.73. The van der Waals surface area contributed by atoms with Crippen molar-refractivity contribution in [1.82, 2.24) is 14.7 Å². The maximum absolute atomic E-state index is 11.8. The Kier molecular flexibility index (Phi) is 6.34. The van der Waals surface area contributed by atoms with Crippen molar-refractivity contribution in [2.75, 3.05) is 52.4 Å². The number of amides is 1. The average molecular weight is 386 g/mol. The van der Waals surface area contributed by atoms with Crippen molar-refractivity contribution < 1.29 is 9.53 Å². The van der Waals surface area contributed by atoms with E-state index < -0.39 is 0 Å². The van der Waals surface area contributed by atoms with Crippen molar-refractivity contribution in [1.29, 1.82) is 0 Å². The van der Waals surface area contributed by atoms with E-state index in [2.05, 4.69) is 40.1 Å². The molecule has 3 aliphatic heterocycles. The predicted molar refractivity (Wildman–Crippen MR) is 111 cm³/mol. The molecular formula is C23H35N3O2. The first kappa shape index (κ1) is 19.9. The van der Waals surface area contributed by atoms with Gasteiger partial charge in [0.25, 0.3) is 0 Å². The van der Waals surface area contributed by atoms with E-state index in [1.165, 1.54) is 51.0 Å². The quantitative estimate of drug-likeness (QED) is 0.798. The molecule has 28 heavy (non-hydrogen) atoms. The molecule has 3 saturated heterocycles. The van der Waals surface area contributed by atoms with Crippen LogP contribution in [0.15, 0.2) is 30.3 Å². The minimum Gasteiger partial charge on any atom is -0.370 e. The summed E-state index contributed by atoms with van der Waals surface area (Å²) in [5.41, 5.74) is 1.29. The lowest BCUT2D eigenvalue weighted by molar-refractivity contribution is -0.160. The van der Waals surface area contributed by atoms with Crippen LogP contribution in [0.25, 0.3) is 0 Å². The largest absolute Gasteiger partial charge is 0.370 e. The molecule has 1 spiro atoms. The molecule has 0 aliphatic carbocycles. The van der Waals surface area contributed by atoms with Gasteiger partial charge < -0.3 is 14.5 Å². The lowest BCUT2D eigenvalue weighted by Gasteiger charge is -2.48. The molecule has 0 radical (unpaired) electrons. The Labute approximate surface area is 169 Å². The van der Waals surface area contributed by atoms with Gasteiger partial charge in [-0.05, 0) is 56.8 Å². The van der Waals surface area contributed by atoms with Gasteiger partial charge in [-0.15, -0.1) is 0 Å². The third-order valence-electron chi connectivity index (χ3n) is 6.78. The van der Waals surface area contributed by atoms with Gasteiger partial charge >= 0.3 is 0 Å². The molecule has 1 aromatic carbocycles. The number of ether oxygens (including phenoxy) is 1. The summed E-state index contributed by atoms with van der Waals surface area (Å²) in [5, 5.41) is 0. The summed E-state index contributed by atoms with van der Waals surface area (Å²) in [5.74, 6) is 0.972. The van der Waals surface area contributed by atoms with Crippen LogP contribution >= 0.6 is 0 Å². The molecule has 3 aliphatic rings. The van der Waals surface area contributed by atoms with E-state index in [9.17, 15) is 4.79 Å². The number of hydrogen-bond acceptors (Lipinski definition) is 4. The zero-order valence-corrected chi connectivity index (χ0v) is 17.3. The number of hydrogen-bond donors (Lipinski definition) is 0. The van der Waals surface area contributed by atoms with Gasteiger partial charge in [-0.25, -0.2) is 0 Å². The molecule has 0 bridgehead atoms. The van der Waals surface area contributed by atoms with Crippen LogP contribution in [0.2, 0.25) is 0 Å². The Morgan fingerprint density at radius 3 is 2.61 bits per heavy atom. The Hall–Kier alpha value is -1.43. The summed E-state index contributed by atoms with van der Waals surface area (Å²) in [4.78, 5) is 19.0. The summed E-state index contributed by atoms with van der Waals surface area (Å²) in [6, 6.07) is 10.8. The average Bonchev–Trinajstić information content (AvgIpc) is 2.70. The van der Waals surface area contributed by atoms with Crippen LogP contribution in [0.5, 0.6) is 0 Å². The van der Waals surface area contributed by atoms with Crippen LogP contribution in [0.1, 0.15) is 38.2 Å². The van der Waals surface area contributed by atoms with Crippen LogP contribution in [-0.2, 0) is 16.1 Å². The standard InChI is InChI=1S/C23H35N3O2/c1-20(27)26-14-15-28-23(19-26)10-5-11-25(18-23)17-22-8-12-24(13-9-22)16-21-6-3-2-4-7-21/h2-4,6-7,22H,5,8-19H2,1H3/t23-/m0/s1. The predicted octanol–water partition coefficient (Wildman–Crippen LogP) is 2.61. The van der Waals surface area contributed by atoms with Crippen LogP contribution in [-0.4, -0.2) is 78.6 Å². The van der Waals surface area contributed by atoms with Gasteiger partial charge in [0, 0.05) is 33.1 Å². The third-order valence-corrected chi connectivity index (χ3v) is 6.78.